The first-order chi connectivity index (χ1) is 11.5. The zero-order chi connectivity index (χ0) is 17.1. The van der Waals surface area contributed by atoms with Crippen molar-refractivity contribution in [2.24, 2.45) is 11.8 Å². The first kappa shape index (κ1) is 16.9. The average Bonchev–Trinajstić information content (AvgIpc) is 2.56. The molecule has 0 aromatic heterocycles. The number of non-ortho nitro benzene ring substituents is 1. The van der Waals surface area contributed by atoms with E-state index in [2.05, 4.69) is 5.32 Å². The highest BCUT2D eigenvalue weighted by Crippen LogP contribution is 2.32. The lowest BCUT2D eigenvalue weighted by Crippen LogP contribution is -3.15. The Morgan fingerprint density at radius 3 is 2.79 bits per heavy atom. The molecule has 1 amide bonds. The van der Waals surface area contributed by atoms with Crippen molar-refractivity contribution in [3.63, 3.8) is 0 Å². The molecular formula is C18H26N3O3+. The van der Waals surface area contributed by atoms with Gasteiger partial charge in [0.1, 0.15) is 0 Å². The van der Waals surface area contributed by atoms with Gasteiger partial charge in [0.25, 0.3) is 11.6 Å². The molecule has 130 valence electrons. The number of anilines is 1. The van der Waals surface area contributed by atoms with Gasteiger partial charge in [-0.2, -0.15) is 0 Å². The monoisotopic (exact) mass is 332 g/mol. The smallest absolute Gasteiger partial charge is 0.279 e. The zero-order valence-corrected chi connectivity index (χ0v) is 14.2. The molecule has 3 rings (SSSR count). The van der Waals surface area contributed by atoms with Crippen LogP contribution in [0.4, 0.5) is 11.4 Å². The molecule has 6 heteroatoms. The van der Waals surface area contributed by atoms with Crippen molar-refractivity contribution in [3.05, 3.63) is 33.9 Å². The number of nitrogens with zero attached hydrogens (tertiary/aromatic N) is 1. The van der Waals surface area contributed by atoms with Crippen LogP contribution < -0.4 is 10.2 Å². The lowest BCUT2D eigenvalue weighted by atomic mass is 9.75. The predicted molar refractivity (Wildman–Crippen MR) is 92.1 cm³/mol. The van der Waals surface area contributed by atoms with Crippen molar-refractivity contribution in [3.8, 4) is 0 Å². The molecule has 2 N–H and O–H groups in total. The van der Waals surface area contributed by atoms with Crippen LogP contribution in [0.15, 0.2) is 18.2 Å². The van der Waals surface area contributed by atoms with Gasteiger partial charge in [-0.1, -0.05) is 18.9 Å². The van der Waals surface area contributed by atoms with Crippen LogP contribution in [-0.4, -0.2) is 30.5 Å². The average molecular weight is 332 g/mol. The number of amides is 1. The van der Waals surface area contributed by atoms with Crippen molar-refractivity contribution < 1.29 is 14.6 Å². The lowest BCUT2D eigenvalue weighted by Gasteiger charge is -2.38. The Bertz CT molecular complexity index is 632. The van der Waals surface area contributed by atoms with Crippen molar-refractivity contribution in [1.29, 1.82) is 0 Å². The van der Waals surface area contributed by atoms with Crippen molar-refractivity contribution >= 4 is 17.3 Å². The van der Waals surface area contributed by atoms with Crippen molar-refractivity contribution in [2.75, 3.05) is 25.0 Å². The van der Waals surface area contributed by atoms with Gasteiger partial charge in [0.2, 0.25) is 0 Å². The first-order valence-corrected chi connectivity index (χ1v) is 8.91. The minimum absolute atomic E-state index is 0.00580. The van der Waals surface area contributed by atoms with Gasteiger partial charge >= 0.3 is 0 Å². The maximum atomic E-state index is 12.4. The number of quaternary nitrogens is 1. The Morgan fingerprint density at radius 1 is 1.29 bits per heavy atom. The highest BCUT2D eigenvalue weighted by molar-refractivity contribution is 5.92. The lowest BCUT2D eigenvalue weighted by molar-refractivity contribution is -0.902. The molecule has 1 aliphatic heterocycles. The summed E-state index contributed by atoms with van der Waals surface area (Å²) in [5.41, 5.74) is 1.39. The third-order valence-corrected chi connectivity index (χ3v) is 5.60. The predicted octanol–water partition coefficient (Wildman–Crippen LogP) is 1.94. The third kappa shape index (κ3) is 3.93. The molecule has 1 aromatic rings. The number of nitro benzene ring substituents is 1. The summed E-state index contributed by atoms with van der Waals surface area (Å²) in [5.74, 6) is 1.59. The molecule has 0 radical (unpaired) electrons. The van der Waals surface area contributed by atoms with Gasteiger partial charge in [-0.05, 0) is 37.7 Å². The van der Waals surface area contributed by atoms with Crippen LogP contribution in [0, 0.1) is 28.9 Å². The second-order valence-corrected chi connectivity index (χ2v) is 7.28. The van der Waals surface area contributed by atoms with Crippen LogP contribution >= 0.6 is 0 Å². The van der Waals surface area contributed by atoms with E-state index in [0.29, 0.717) is 12.2 Å². The number of nitro groups is 1. The molecule has 2 aliphatic rings. The molecule has 24 heavy (non-hydrogen) atoms. The molecule has 0 spiro atoms. The summed E-state index contributed by atoms with van der Waals surface area (Å²) in [6.45, 7) is 4.44. The van der Waals surface area contributed by atoms with E-state index in [1.165, 1.54) is 49.1 Å². The number of hydrogen-bond donors (Lipinski definition) is 2. The summed E-state index contributed by atoms with van der Waals surface area (Å²) in [6, 6.07) is 4.58. The Morgan fingerprint density at radius 2 is 2.04 bits per heavy atom. The first-order valence-electron chi connectivity index (χ1n) is 8.91. The molecule has 3 atom stereocenters. The second kappa shape index (κ2) is 7.30. The number of aryl methyl sites for hydroxylation is 1. The quantitative estimate of drug-likeness (QED) is 0.653. The fraction of sp³-hybridized carbons (Fsp3) is 0.611. The third-order valence-electron chi connectivity index (χ3n) is 5.60. The van der Waals surface area contributed by atoms with Crippen LogP contribution in [0.25, 0.3) is 0 Å². The van der Waals surface area contributed by atoms with Crippen LogP contribution in [0.3, 0.4) is 0 Å². The number of carbonyl (C=O) groups excluding carboxylic acids is 1. The zero-order valence-electron chi connectivity index (χ0n) is 14.2. The molecule has 1 aromatic carbocycles. The summed E-state index contributed by atoms with van der Waals surface area (Å²) in [4.78, 5) is 24.2. The Kier molecular flexibility index (Phi) is 5.14. The number of rotatable bonds is 4. The van der Waals surface area contributed by atoms with Crippen LogP contribution in [0.5, 0.6) is 0 Å². The summed E-state index contributed by atoms with van der Waals surface area (Å²) in [5, 5.41) is 13.8. The van der Waals surface area contributed by atoms with Crippen LogP contribution in [0.1, 0.15) is 37.7 Å². The highest BCUT2D eigenvalue weighted by atomic mass is 16.6. The molecule has 1 saturated heterocycles. The van der Waals surface area contributed by atoms with Gasteiger partial charge in [-0.25, -0.2) is 0 Å². The minimum Gasteiger partial charge on any atom is -0.327 e. The molecule has 1 aliphatic carbocycles. The maximum Gasteiger partial charge on any atom is 0.279 e. The van der Waals surface area contributed by atoms with E-state index in [9.17, 15) is 14.9 Å². The Labute approximate surface area is 142 Å². The largest absolute Gasteiger partial charge is 0.327 e. The molecule has 1 heterocycles. The standard InChI is InChI=1S/C18H25N3O3/c1-13-6-7-16(21(23)24)10-17(13)19-18(22)12-20-9-8-14-4-2-3-5-15(14)11-20/h6-7,10,14-15H,2-5,8-9,11-12H2,1H3,(H,19,22)/p+1/t14-,15-/m1/s1. The molecule has 0 bridgehead atoms. The number of piperidine rings is 1. The number of hydrogen-bond acceptors (Lipinski definition) is 3. The van der Waals surface area contributed by atoms with Crippen LogP contribution in [0.2, 0.25) is 0 Å². The number of likely N-dealkylation sites (tertiary alicyclic amines) is 1. The SMILES string of the molecule is Cc1ccc([N+](=O)[O-])cc1NC(=O)C[NH+]1CC[C@H]2CCCC[C@@H]2C1. The summed E-state index contributed by atoms with van der Waals surface area (Å²) in [7, 11) is 0. The topological polar surface area (TPSA) is 76.7 Å². The van der Waals surface area contributed by atoms with E-state index in [0.717, 1.165) is 30.5 Å². The molecule has 2 fully saturated rings. The maximum absolute atomic E-state index is 12.4. The molecular weight excluding hydrogens is 306 g/mol. The number of fused-ring (bicyclic) bond motifs is 1. The fourth-order valence-electron chi connectivity index (χ4n) is 4.24. The summed E-state index contributed by atoms with van der Waals surface area (Å²) < 4.78 is 0. The Hall–Kier alpha value is -1.95. The van der Waals surface area contributed by atoms with E-state index in [1.807, 2.05) is 6.92 Å². The number of benzene rings is 1. The van der Waals surface area contributed by atoms with Gasteiger partial charge in [-0.3, -0.25) is 14.9 Å². The van der Waals surface area contributed by atoms with Crippen molar-refractivity contribution in [1.82, 2.24) is 0 Å². The summed E-state index contributed by atoms with van der Waals surface area (Å²) >= 11 is 0. The fourth-order valence-corrected chi connectivity index (χ4v) is 4.24. The van der Waals surface area contributed by atoms with Gasteiger partial charge in [0.05, 0.1) is 23.7 Å². The van der Waals surface area contributed by atoms with Crippen LogP contribution in [-0.2, 0) is 4.79 Å². The van der Waals surface area contributed by atoms with Gasteiger partial charge in [0, 0.05) is 18.1 Å². The summed E-state index contributed by atoms with van der Waals surface area (Å²) in [6.07, 6.45) is 6.58. The number of nitrogens with one attached hydrogen (secondary N) is 2. The van der Waals surface area contributed by atoms with E-state index in [1.54, 1.807) is 6.07 Å². The molecule has 1 saturated carbocycles. The minimum atomic E-state index is -0.436. The van der Waals surface area contributed by atoms with Gasteiger partial charge in [-0.15, -0.1) is 0 Å². The highest BCUT2D eigenvalue weighted by Gasteiger charge is 2.34. The van der Waals surface area contributed by atoms with Gasteiger partial charge < -0.3 is 10.2 Å². The van der Waals surface area contributed by atoms with E-state index < -0.39 is 4.92 Å². The second-order valence-electron chi connectivity index (χ2n) is 7.28. The Balaban J connectivity index is 1.58. The van der Waals surface area contributed by atoms with E-state index >= 15 is 0 Å². The van der Waals surface area contributed by atoms with E-state index in [-0.39, 0.29) is 11.6 Å². The van der Waals surface area contributed by atoms with Crippen molar-refractivity contribution in [2.45, 2.75) is 39.0 Å². The van der Waals surface area contributed by atoms with Gasteiger partial charge in [0.15, 0.2) is 6.54 Å². The molecule has 1 unspecified atom stereocenters. The van der Waals surface area contributed by atoms with E-state index in [4.69, 9.17) is 0 Å². The molecule has 6 nitrogen and oxygen atoms in total. The normalized spacial score (nSPS) is 26.5. The number of carbonyl (C=O) groups is 1.